The molecule has 0 aliphatic heterocycles. The lowest BCUT2D eigenvalue weighted by atomic mass is 9.85. The van der Waals surface area contributed by atoms with Gasteiger partial charge in [0.05, 0.1) is 4.88 Å². The summed E-state index contributed by atoms with van der Waals surface area (Å²) >= 11 is 1.63. The first-order valence-corrected chi connectivity index (χ1v) is 6.67. The summed E-state index contributed by atoms with van der Waals surface area (Å²) in [6.07, 6.45) is 7.30. The Morgan fingerprint density at radius 1 is 1.33 bits per heavy atom. The van der Waals surface area contributed by atoms with E-state index in [9.17, 15) is 4.79 Å². The van der Waals surface area contributed by atoms with E-state index in [0.29, 0.717) is 11.7 Å². The average Bonchev–Trinajstić information content (AvgIpc) is 2.66. The van der Waals surface area contributed by atoms with Crippen LogP contribution >= 0.6 is 11.3 Å². The summed E-state index contributed by atoms with van der Waals surface area (Å²) in [7, 11) is 0. The lowest BCUT2D eigenvalue weighted by molar-refractivity contribution is 0.0954. The summed E-state index contributed by atoms with van der Waals surface area (Å²) in [5.41, 5.74) is 0. The molecule has 0 radical (unpaired) electrons. The molecule has 0 spiro atoms. The van der Waals surface area contributed by atoms with Crippen LogP contribution in [-0.2, 0) is 0 Å². The molecule has 82 valence electrons. The Labute approximate surface area is 95.5 Å². The molecule has 0 N–H and O–H groups in total. The normalized spacial score (nSPS) is 17.9. The fraction of sp³-hybridized carbons (Fsp3) is 0.615. The van der Waals surface area contributed by atoms with Crippen molar-refractivity contribution < 1.29 is 4.79 Å². The van der Waals surface area contributed by atoms with Crippen molar-refractivity contribution in [3.63, 3.8) is 0 Å². The minimum absolute atomic E-state index is 0.361. The van der Waals surface area contributed by atoms with Crippen molar-refractivity contribution in [2.45, 2.75) is 45.4 Å². The van der Waals surface area contributed by atoms with Gasteiger partial charge in [0.2, 0.25) is 0 Å². The van der Waals surface area contributed by atoms with Gasteiger partial charge in [0.1, 0.15) is 0 Å². The smallest absolute Gasteiger partial charge is 0.173 e. The fourth-order valence-corrected chi connectivity index (χ4v) is 3.15. The molecule has 0 unspecified atom stereocenters. The van der Waals surface area contributed by atoms with Gasteiger partial charge in [-0.1, -0.05) is 32.1 Å². The van der Waals surface area contributed by atoms with Gasteiger partial charge in [-0.05, 0) is 25.0 Å². The zero-order chi connectivity index (χ0) is 10.7. The highest BCUT2D eigenvalue weighted by Gasteiger charge is 2.18. The fourth-order valence-electron chi connectivity index (χ4n) is 2.34. The molecule has 1 heterocycles. The summed E-state index contributed by atoms with van der Waals surface area (Å²) in [6.45, 7) is 2.06. The number of Topliss-reactive ketones (excluding diaryl/α,β-unsaturated/α-hetero) is 1. The minimum Gasteiger partial charge on any atom is -0.293 e. The van der Waals surface area contributed by atoms with Crippen LogP contribution in [0.4, 0.5) is 0 Å². The Bertz CT molecular complexity index is 334. The number of thiophene rings is 1. The molecule has 0 aromatic carbocycles. The van der Waals surface area contributed by atoms with Gasteiger partial charge in [-0.25, -0.2) is 0 Å². The van der Waals surface area contributed by atoms with Crippen molar-refractivity contribution in [1.29, 1.82) is 0 Å². The maximum atomic E-state index is 11.9. The molecule has 0 bridgehead atoms. The highest BCUT2D eigenvalue weighted by Crippen LogP contribution is 2.28. The first kappa shape index (κ1) is 10.9. The molecule has 2 rings (SSSR count). The molecule has 0 atom stereocenters. The molecule has 1 aromatic rings. The van der Waals surface area contributed by atoms with Crippen LogP contribution in [0, 0.1) is 12.8 Å². The van der Waals surface area contributed by atoms with Gasteiger partial charge in [-0.2, -0.15) is 0 Å². The second kappa shape index (κ2) is 4.93. The van der Waals surface area contributed by atoms with Crippen LogP contribution in [-0.4, -0.2) is 5.78 Å². The maximum absolute atomic E-state index is 11.9. The summed E-state index contributed by atoms with van der Waals surface area (Å²) in [4.78, 5) is 14.1. The number of carbonyl (C=O) groups excluding carboxylic acids is 1. The molecule has 0 amide bonds. The van der Waals surface area contributed by atoms with E-state index >= 15 is 0 Å². The molecule has 1 saturated carbocycles. The van der Waals surface area contributed by atoms with Gasteiger partial charge in [-0.3, -0.25) is 4.79 Å². The van der Waals surface area contributed by atoms with E-state index < -0.39 is 0 Å². The molecule has 15 heavy (non-hydrogen) atoms. The van der Waals surface area contributed by atoms with E-state index in [4.69, 9.17) is 0 Å². The Hall–Kier alpha value is -0.630. The zero-order valence-electron chi connectivity index (χ0n) is 9.29. The predicted molar refractivity (Wildman–Crippen MR) is 64.6 cm³/mol. The number of ketones is 1. The molecular weight excluding hydrogens is 204 g/mol. The summed E-state index contributed by atoms with van der Waals surface area (Å²) < 4.78 is 0. The van der Waals surface area contributed by atoms with Crippen LogP contribution in [0.1, 0.15) is 53.1 Å². The van der Waals surface area contributed by atoms with Crippen LogP contribution in [0.2, 0.25) is 0 Å². The number of carbonyl (C=O) groups is 1. The third-order valence-electron chi connectivity index (χ3n) is 3.21. The lowest BCUT2D eigenvalue weighted by Crippen LogP contribution is -2.11. The first-order chi connectivity index (χ1) is 7.25. The van der Waals surface area contributed by atoms with E-state index in [0.717, 1.165) is 11.3 Å². The summed E-state index contributed by atoms with van der Waals surface area (Å²) in [6, 6.07) is 4.02. The van der Waals surface area contributed by atoms with Crippen LogP contribution in [0.15, 0.2) is 12.1 Å². The highest BCUT2D eigenvalue weighted by molar-refractivity contribution is 7.14. The number of hydrogen-bond acceptors (Lipinski definition) is 2. The third-order valence-corrected chi connectivity index (χ3v) is 4.26. The van der Waals surface area contributed by atoms with Crippen molar-refractivity contribution in [2.24, 2.45) is 5.92 Å². The number of rotatable bonds is 3. The van der Waals surface area contributed by atoms with E-state index in [-0.39, 0.29) is 0 Å². The van der Waals surface area contributed by atoms with Gasteiger partial charge < -0.3 is 0 Å². The average molecular weight is 222 g/mol. The van der Waals surface area contributed by atoms with Crippen LogP contribution < -0.4 is 0 Å². The van der Waals surface area contributed by atoms with Gasteiger partial charge in [0, 0.05) is 11.3 Å². The van der Waals surface area contributed by atoms with Crippen molar-refractivity contribution in [3.05, 3.63) is 21.9 Å². The number of hydrogen-bond donors (Lipinski definition) is 0. The SMILES string of the molecule is Cc1ccc(C(=O)CC2CCCCC2)s1. The van der Waals surface area contributed by atoms with Crippen LogP contribution in [0.5, 0.6) is 0 Å². The van der Waals surface area contributed by atoms with E-state index in [2.05, 4.69) is 6.92 Å². The van der Waals surface area contributed by atoms with Crippen molar-refractivity contribution >= 4 is 17.1 Å². The first-order valence-electron chi connectivity index (χ1n) is 5.85. The molecule has 1 aliphatic carbocycles. The summed E-state index contributed by atoms with van der Waals surface area (Å²) in [5.74, 6) is 1.02. The zero-order valence-corrected chi connectivity index (χ0v) is 10.1. The van der Waals surface area contributed by atoms with Gasteiger partial charge in [-0.15, -0.1) is 11.3 Å². The third kappa shape index (κ3) is 2.91. The standard InChI is InChI=1S/C13H18OS/c1-10-7-8-13(15-10)12(14)9-11-5-3-2-4-6-11/h7-8,11H,2-6,9H2,1H3. The largest absolute Gasteiger partial charge is 0.293 e. The number of aryl methyl sites for hydroxylation is 1. The molecule has 1 aliphatic rings. The minimum atomic E-state index is 0.361. The van der Waals surface area contributed by atoms with E-state index in [1.165, 1.54) is 37.0 Å². The second-order valence-electron chi connectivity index (χ2n) is 4.54. The topological polar surface area (TPSA) is 17.1 Å². The van der Waals surface area contributed by atoms with Gasteiger partial charge in [0.15, 0.2) is 5.78 Å². The van der Waals surface area contributed by atoms with Crippen molar-refractivity contribution in [2.75, 3.05) is 0 Å². The molecule has 1 fully saturated rings. The van der Waals surface area contributed by atoms with Crippen LogP contribution in [0.25, 0.3) is 0 Å². The van der Waals surface area contributed by atoms with E-state index in [1.807, 2.05) is 12.1 Å². The molecular formula is C13H18OS. The van der Waals surface area contributed by atoms with E-state index in [1.54, 1.807) is 11.3 Å². The second-order valence-corrected chi connectivity index (χ2v) is 5.83. The monoisotopic (exact) mass is 222 g/mol. The molecule has 1 nitrogen and oxygen atoms in total. The Kier molecular flexibility index (Phi) is 3.57. The highest BCUT2D eigenvalue weighted by atomic mass is 32.1. The maximum Gasteiger partial charge on any atom is 0.173 e. The van der Waals surface area contributed by atoms with Gasteiger partial charge >= 0.3 is 0 Å². The lowest BCUT2D eigenvalue weighted by Gasteiger charge is -2.20. The van der Waals surface area contributed by atoms with Gasteiger partial charge in [0.25, 0.3) is 0 Å². The Morgan fingerprint density at radius 3 is 2.67 bits per heavy atom. The molecule has 1 aromatic heterocycles. The quantitative estimate of drug-likeness (QED) is 0.700. The van der Waals surface area contributed by atoms with Crippen LogP contribution in [0.3, 0.4) is 0 Å². The molecule has 2 heteroatoms. The van der Waals surface area contributed by atoms with Crippen molar-refractivity contribution in [1.82, 2.24) is 0 Å². The Morgan fingerprint density at radius 2 is 2.07 bits per heavy atom. The Balaban J connectivity index is 1.91. The van der Waals surface area contributed by atoms with Crippen molar-refractivity contribution in [3.8, 4) is 0 Å². The molecule has 0 saturated heterocycles. The predicted octanol–water partition coefficient (Wildman–Crippen LogP) is 4.21. The summed E-state index contributed by atoms with van der Waals surface area (Å²) in [5, 5.41) is 0.